The van der Waals surface area contributed by atoms with Gasteiger partial charge in [-0.25, -0.2) is 5.48 Å². The zero-order valence-electron chi connectivity index (χ0n) is 10.0. The van der Waals surface area contributed by atoms with Crippen molar-refractivity contribution >= 4 is 0 Å². The molecule has 1 aliphatic rings. The average Bonchev–Trinajstić information content (AvgIpc) is 2.22. The average molecular weight is 219 g/mol. The normalized spacial score (nSPS) is 41.8. The molecule has 0 aromatic heterocycles. The van der Waals surface area contributed by atoms with Crippen LogP contribution in [-0.2, 0) is 19.0 Å². The standard InChI is InChI=1S/C10H21NO4/c1-6-8(12-4)9(13-5)7(2)14-10(6)15-11-3/h6-11H,1-5H3/t6?,7-,8-,9?,10-/m0/s1. The Hall–Kier alpha value is -0.200. The molecule has 1 fully saturated rings. The molecule has 0 saturated carbocycles. The van der Waals surface area contributed by atoms with E-state index in [9.17, 15) is 0 Å². The summed E-state index contributed by atoms with van der Waals surface area (Å²) in [5.41, 5.74) is 2.64. The number of nitrogens with one attached hydrogen (secondary N) is 1. The third kappa shape index (κ3) is 2.68. The monoisotopic (exact) mass is 219 g/mol. The van der Waals surface area contributed by atoms with E-state index in [1.54, 1.807) is 21.3 Å². The lowest BCUT2D eigenvalue weighted by atomic mass is 9.92. The van der Waals surface area contributed by atoms with Crippen molar-refractivity contribution in [2.24, 2.45) is 5.92 Å². The summed E-state index contributed by atoms with van der Waals surface area (Å²) in [5.74, 6) is 0.114. The van der Waals surface area contributed by atoms with E-state index in [0.717, 1.165) is 0 Å². The molecule has 0 spiro atoms. The molecule has 0 radical (unpaired) electrons. The van der Waals surface area contributed by atoms with Gasteiger partial charge in [-0.2, -0.15) is 0 Å². The SMILES string of the molecule is CNO[C@@H]1O[C@@H](C)C(OC)[C@@H](OC)C1C. The molecule has 0 aromatic rings. The maximum Gasteiger partial charge on any atom is 0.182 e. The molecule has 1 N–H and O–H groups in total. The minimum Gasteiger partial charge on any atom is -0.378 e. The molecule has 90 valence electrons. The van der Waals surface area contributed by atoms with Crippen LogP contribution in [0.3, 0.4) is 0 Å². The zero-order valence-corrected chi connectivity index (χ0v) is 10.0. The highest BCUT2D eigenvalue weighted by atomic mass is 16.8. The number of ether oxygens (including phenoxy) is 3. The highest BCUT2D eigenvalue weighted by Crippen LogP contribution is 2.29. The molecule has 1 saturated heterocycles. The Morgan fingerprint density at radius 2 is 1.67 bits per heavy atom. The molecule has 0 bridgehead atoms. The lowest BCUT2D eigenvalue weighted by Crippen LogP contribution is -2.55. The van der Waals surface area contributed by atoms with Crippen LogP contribution in [0.2, 0.25) is 0 Å². The van der Waals surface area contributed by atoms with Crippen LogP contribution in [0.1, 0.15) is 13.8 Å². The zero-order chi connectivity index (χ0) is 11.4. The van der Waals surface area contributed by atoms with Gasteiger partial charge in [0.1, 0.15) is 6.10 Å². The summed E-state index contributed by atoms with van der Waals surface area (Å²) in [6.45, 7) is 3.98. The molecule has 1 heterocycles. The number of hydroxylamine groups is 1. The summed E-state index contributed by atoms with van der Waals surface area (Å²) in [4.78, 5) is 5.28. The van der Waals surface area contributed by atoms with Crippen molar-refractivity contribution in [2.45, 2.75) is 38.4 Å². The van der Waals surface area contributed by atoms with Gasteiger partial charge in [-0.05, 0) is 6.92 Å². The molecule has 1 aliphatic heterocycles. The van der Waals surface area contributed by atoms with Crippen LogP contribution in [0.15, 0.2) is 0 Å². The summed E-state index contributed by atoms with van der Waals surface area (Å²) >= 11 is 0. The van der Waals surface area contributed by atoms with E-state index in [2.05, 4.69) is 5.48 Å². The first-order chi connectivity index (χ1) is 7.15. The van der Waals surface area contributed by atoms with Crippen molar-refractivity contribution < 1.29 is 19.0 Å². The predicted molar refractivity (Wildman–Crippen MR) is 55.2 cm³/mol. The number of hydrogen-bond acceptors (Lipinski definition) is 5. The van der Waals surface area contributed by atoms with Gasteiger partial charge in [-0.3, -0.25) is 4.84 Å². The summed E-state index contributed by atoms with van der Waals surface area (Å²) in [6, 6.07) is 0. The third-order valence-corrected chi connectivity index (χ3v) is 2.86. The van der Waals surface area contributed by atoms with Crippen LogP contribution < -0.4 is 5.48 Å². The Morgan fingerprint density at radius 3 is 2.13 bits per heavy atom. The van der Waals surface area contributed by atoms with Gasteiger partial charge in [-0.1, -0.05) is 6.92 Å². The van der Waals surface area contributed by atoms with Crippen molar-refractivity contribution in [3.63, 3.8) is 0 Å². The van der Waals surface area contributed by atoms with E-state index < -0.39 is 0 Å². The van der Waals surface area contributed by atoms with Gasteiger partial charge >= 0.3 is 0 Å². The van der Waals surface area contributed by atoms with Crippen LogP contribution in [0, 0.1) is 5.92 Å². The van der Waals surface area contributed by atoms with E-state index in [-0.39, 0.29) is 30.5 Å². The lowest BCUT2D eigenvalue weighted by molar-refractivity contribution is -0.295. The van der Waals surface area contributed by atoms with E-state index in [4.69, 9.17) is 19.0 Å². The van der Waals surface area contributed by atoms with Gasteiger partial charge in [-0.15, -0.1) is 0 Å². The van der Waals surface area contributed by atoms with E-state index in [0.29, 0.717) is 0 Å². The van der Waals surface area contributed by atoms with Crippen LogP contribution in [-0.4, -0.2) is 45.9 Å². The highest BCUT2D eigenvalue weighted by molar-refractivity contribution is 4.87. The molecule has 0 amide bonds. The summed E-state index contributed by atoms with van der Waals surface area (Å²) in [5, 5.41) is 0. The second-order valence-electron chi connectivity index (χ2n) is 3.79. The Balaban J connectivity index is 2.70. The van der Waals surface area contributed by atoms with Crippen LogP contribution in [0.5, 0.6) is 0 Å². The minimum absolute atomic E-state index is 0.0166. The van der Waals surface area contributed by atoms with Gasteiger partial charge < -0.3 is 14.2 Å². The topological polar surface area (TPSA) is 49.0 Å². The van der Waals surface area contributed by atoms with Crippen LogP contribution in [0.4, 0.5) is 0 Å². The first kappa shape index (κ1) is 12.9. The van der Waals surface area contributed by atoms with Crippen LogP contribution in [0.25, 0.3) is 0 Å². The Morgan fingerprint density at radius 1 is 1.07 bits per heavy atom. The van der Waals surface area contributed by atoms with Crippen molar-refractivity contribution in [1.29, 1.82) is 0 Å². The highest BCUT2D eigenvalue weighted by Gasteiger charge is 2.43. The van der Waals surface area contributed by atoms with Gasteiger partial charge in [0.05, 0.1) is 12.2 Å². The maximum atomic E-state index is 5.68. The fraction of sp³-hybridized carbons (Fsp3) is 1.00. The molecule has 5 heteroatoms. The summed E-state index contributed by atoms with van der Waals surface area (Å²) in [6.07, 6.45) is -0.422. The molecular weight excluding hydrogens is 198 g/mol. The van der Waals surface area contributed by atoms with Gasteiger partial charge in [0.25, 0.3) is 0 Å². The van der Waals surface area contributed by atoms with E-state index in [1.807, 2.05) is 13.8 Å². The quantitative estimate of drug-likeness (QED) is 0.700. The van der Waals surface area contributed by atoms with Gasteiger partial charge in [0.15, 0.2) is 6.29 Å². The second-order valence-corrected chi connectivity index (χ2v) is 3.79. The molecule has 5 atom stereocenters. The summed E-state index contributed by atoms with van der Waals surface area (Å²) in [7, 11) is 5.06. The van der Waals surface area contributed by atoms with E-state index >= 15 is 0 Å². The minimum atomic E-state index is -0.304. The molecule has 5 nitrogen and oxygen atoms in total. The fourth-order valence-corrected chi connectivity index (χ4v) is 2.06. The Kier molecular flexibility index (Phi) is 4.95. The fourth-order valence-electron chi connectivity index (χ4n) is 2.06. The van der Waals surface area contributed by atoms with Crippen molar-refractivity contribution in [1.82, 2.24) is 5.48 Å². The molecule has 2 unspecified atom stereocenters. The number of rotatable bonds is 4. The van der Waals surface area contributed by atoms with E-state index in [1.165, 1.54) is 0 Å². The van der Waals surface area contributed by atoms with Gasteiger partial charge in [0, 0.05) is 27.2 Å². The molecule has 0 aromatic carbocycles. The predicted octanol–water partition coefficient (Wildman–Crippen LogP) is 0.548. The lowest BCUT2D eigenvalue weighted by Gasteiger charge is -2.42. The third-order valence-electron chi connectivity index (χ3n) is 2.86. The molecule has 1 rings (SSSR count). The number of hydrogen-bond donors (Lipinski definition) is 1. The summed E-state index contributed by atoms with van der Waals surface area (Å²) < 4.78 is 16.5. The van der Waals surface area contributed by atoms with Crippen molar-refractivity contribution in [2.75, 3.05) is 21.3 Å². The second kappa shape index (κ2) is 5.77. The largest absolute Gasteiger partial charge is 0.378 e. The van der Waals surface area contributed by atoms with Crippen LogP contribution >= 0.6 is 0 Å². The Labute approximate surface area is 91.0 Å². The first-order valence-corrected chi connectivity index (χ1v) is 5.19. The first-order valence-electron chi connectivity index (χ1n) is 5.19. The molecule has 15 heavy (non-hydrogen) atoms. The van der Waals surface area contributed by atoms with Crippen molar-refractivity contribution in [3.05, 3.63) is 0 Å². The smallest absolute Gasteiger partial charge is 0.182 e. The molecule has 0 aliphatic carbocycles. The maximum absolute atomic E-state index is 5.68. The molecular formula is C10H21NO4. The van der Waals surface area contributed by atoms with Gasteiger partial charge in [0.2, 0.25) is 0 Å². The van der Waals surface area contributed by atoms with Crippen molar-refractivity contribution in [3.8, 4) is 0 Å². The Bertz CT molecular complexity index is 190. The number of methoxy groups -OCH3 is 2.